The fraction of sp³-hybridized carbons (Fsp3) is 0.727. The first-order chi connectivity index (χ1) is 9.58. The third-order valence-electron chi connectivity index (χ3n) is 3.28. The normalized spacial score (nSPS) is 29.6. The van der Waals surface area contributed by atoms with Gasteiger partial charge in [0.05, 0.1) is 19.8 Å². The molecule has 0 radical (unpaired) electrons. The van der Waals surface area contributed by atoms with Crippen molar-refractivity contribution in [3.63, 3.8) is 0 Å². The zero-order valence-electron chi connectivity index (χ0n) is 11.3. The fourth-order valence-electron chi connectivity index (χ4n) is 2.39. The van der Waals surface area contributed by atoms with Crippen molar-refractivity contribution in [2.75, 3.05) is 26.9 Å². The second kappa shape index (κ2) is 6.16. The molecule has 3 unspecified atom stereocenters. The molecule has 3 atom stereocenters. The Bertz CT molecular complexity index is 416. The van der Waals surface area contributed by atoms with Crippen LogP contribution in [0.25, 0.3) is 0 Å². The number of carbonyl (C=O) groups is 3. The van der Waals surface area contributed by atoms with E-state index in [0.29, 0.717) is 19.8 Å². The highest BCUT2D eigenvalue weighted by molar-refractivity contribution is 6.01. The molecule has 3 N–H and O–H groups in total. The molecule has 0 saturated carbocycles. The monoisotopic (exact) mass is 286 g/mol. The van der Waals surface area contributed by atoms with E-state index in [0.717, 1.165) is 0 Å². The van der Waals surface area contributed by atoms with Gasteiger partial charge in [0, 0.05) is 13.2 Å². The Balaban J connectivity index is 2.13. The van der Waals surface area contributed by atoms with Crippen molar-refractivity contribution in [1.29, 1.82) is 0 Å². The first-order valence-corrected chi connectivity index (χ1v) is 6.38. The largest absolute Gasteiger partial charge is 0.468 e. The smallest absolute Gasteiger partial charge is 0.326 e. The molecule has 0 aromatic carbocycles. The molecule has 2 heterocycles. The van der Waals surface area contributed by atoms with Crippen LogP contribution in [0.5, 0.6) is 0 Å². The van der Waals surface area contributed by atoms with Crippen LogP contribution >= 0.6 is 0 Å². The fourth-order valence-corrected chi connectivity index (χ4v) is 2.39. The number of urea groups is 1. The summed E-state index contributed by atoms with van der Waals surface area (Å²) in [5.41, 5.74) is 2.90. The van der Waals surface area contributed by atoms with Crippen LogP contribution in [0.2, 0.25) is 0 Å². The number of amides is 3. The highest BCUT2D eigenvalue weighted by Gasteiger charge is 2.52. The van der Waals surface area contributed by atoms with Crippen molar-refractivity contribution in [1.82, 2.24) is 21.1 Å². The number of carbonyl (C=O) groups excluding carboxylic acids is 3. The summed E-state index contributed by atoms with van der Waals surface area (Å²) < 4.78 is 9.92. The number of esters is 1. The number of fused-ring (bicyclic) bond motifs is 1. The maximum atomic E-state index is 11.9. The van der Waals surface area contributed by atoms with Crippen molar-refractivity contribution in [3.05, 3.63) is 0 Å². The van der Waals surface area contributed by atoms with Gasteiger partial charge >= 0.3 is 12.0 Å². The van der Waals surface area contributed by atoms with Crippen LogP contribution in [-0.4, -0.2) is 67.9 Å². The molecule has 20 heavy (non-hydrogen) atoms. The van der Waals surface area contributed by atoms with Crippen molar-refractivity contribution < 1.29 is 23.9 Å². The Hall–Kier alpha value is -1.71. The first kappa shape index (κ1) is 14.7. The number of nitrogens with one attached hydrogen (secondary N) is 3. The van der Waals surface area contributed by atoms with Crippen LogP contribution in [-0.2, 0) is 19.1 Å². The van der Waals surface area contributed by atoms with E-state index < -0.39 is 36.0 Å². The highest BCUT2D eigenvalue weighted by Crippen LogP contribution is 2.19. The average molecular weight is 286 g/mol. The van der Waals surface area contributed by atoms with Crippen LogP contribution < -0.4 is 16.1 Å². The molecular weight excluding hydrogens is 268 g/mol. The second-order valence-electron chi connectivity index (χ2n) is 4.45. The molecule has 2 fully saturated rings. The molecular formula is C11H18N4O5. The number of imide groups is 1. The molecule has 112 valence electrons. The summed E-state index contributed by atoms with van der Waals surface area (Å²) in [4.78, 5) is 35.0. The number of hydrazine groups is 1. The zero-order valence-corrected chi connectivity index (χ0v) is 11.3. The molecule has 2 aliphatic heterocycles. The summed E-state index contributed by atoms with van der Waals surface area (Å²) in [5, 5.41) is 6.36. The molecule has 2 rings (SSSR count). The van der Waals surface area contributed by atoms with Gasteiger partial charge in [-0.25, -0.2) is 15.2 Å². The van der Waals surface area contributed by atoms with Crippen molar-refractivity contribution in [3.8, 4) is 0 Å². The number of rotatable bonds is 5. The van der Waals surface area contributed by atoms with Crippen molar-refractivity contribution in [2.24, 2.45) is 0 Å². The van der Waals surface area contributed by atoms with Crippen LogP contribution in [0.1, 0.15) is 6.92 Å². The maximum Gasteiger partial charge on any atom is 0.326 e. The minimum Gasteiger partial charge on any atom is -0.468 e. The van der Waals surface area contributed by atoms with Gasteiger partial charge in [0.25, 0.3) is 0 Å². The number of hydrogen-bond donors (Lipinski definition) is 3. The third-order valence-corrected chi connectivity index (χ3v) is 3.28. The van der Waals surface area contributed by atoms with E-state index in [1.54, 1.807) is 5.01 Å². The Morgan fingerprint density at radius 1 is 1.40 bits per heavy atom. The number of nitrogens with zero attached hydrogens (tertiary/aromatic N) is 1. The van der Waals surface area contributed by atoms with E-state index in [4.69, 9.17) is 4.74 Å². The zero-order chi connectivity index (χ0) is 14.7. The van der Waals surface area contributed by atoms with Crippen molar-refractivity contribution in [2.45, 2.75) is 25.0 Å². The van der Waals surface area contributed by atoms with E-state index in [1.165, 1.54) is 7.11 Å². The van der Waals surface area contributed by atoms with E-state index in [1.807, 2.05) is 6.92 Å². The number of methoxy groups -OCH3 is 1. The molecule has 0 aromatic rings. The summed E-state index contributed by atoms with van der Waals surface area (Å²) >= 11 is 0. The van der Waals surface area contributed by atoms with Gasteiger partial charge in [-0.1, -0.05) is 0 Å². The number of hydrogen-bond acceptors (Lipinski definition) is 7. The van der Waals surface area contributed by atoms with Gasteiger partial charge in [0.1, 0.15) is 12.1 Å². The van der Waals surface area contributed by atoms with E-state index in [-0.39, 0.29) is 0 Å². The van der Waals surface area contributed by atoms with E-state index in [9.17, 15) is 14.4 Å². The maximum absolute atomic E-state index is 11.9. The molecule has 0 aliphatic carbocycles. The van der Waals surface area contributed by atoms with Crippen LogP contribution in [0.15, 0.2) is 0 Å². The quantitative estimate of drug-likeness (QED) is 0.394. The van der Waals surface area contributed by atoms with Crippen molar-refractivity contribution >= 4 is 17.9 Å². The highest BCUT2D eigenvalue weighted by atomic mass is 16.5. The lowest BCUT2D eigenvalue weighted by Gasteiger charge is -2.30. The molecule has 9 heteroatoms. The van der Waals surface area contributed by atoms with Crippen LogP contribution in [0.4, 0.5) is 4.79 Å². The lowest BCUT2D eigenvalue weighted by molar-refractivity contribution is -0.143. The average Bonchev–Trinajstić information content (AvgIpc) is 2.77. The van der Waals surface area contributed by atoms with Gasteiger partial charge in [-0.2, -0.15) is 0 Å². The molecule has 9 nitrogen and oxygen atoms in total. The molecule has 0 spiro atoms. The Morgan fingerprint density at radius 2 is 2.15 bits per heavy atom. The summed E-state index contributed by atoms with van der Waals surface area (Å²) in [6.07, 6.45) is 0. The van der Waals surface area contributed by atoms with Gasteiger partial charge < -0.3 is 14.8 Å². The molecule has 2 saturated heterocycles. The van der Waals surface area contributed by atoms with Crippen LogP contribution in [0.3, 0.4) is 0 Å². The van der Waals surface area contributed by atoms with E-state index in [2.05, 4.69) is 20.8 Å². The van der Waals surface area contributed by atoms with Crippen LogP contribution in [0, 0.1) is 0 Å². The van der Waals surface area contributed by atoms with Gasteiger partial charge in [-0.05, 0) is 6.92 Å². The number of ether oxygens (including phenoxy) is 2. The predicted molar refractivity (Wildman–Crippen MR) is 66.4 cm³/mol. The summed E-state index contributed by atoms with van der Waals surface area (Å²) in [5.74, 6) is -0.983. The standard InChI is InChI=1S/C11H18N4O5/c1-3-20-5-4-15-8-6(7(14-15)10(17)19-2)12-11(18)13-9(8)16/h6-8,14H,3-5H2,1-2H3,(H2,12,13,16,18). The lowest BCUT2D eigenvalue weighted by atomic mass is 10.0. The Labute approximate surface area is 115 Å². The van der Waals surface area contributed by atoms with Gasteiger partial charge in [0.15, 0.2) is 0 Å². The second-order valence-corrected chi connectivity index (χ2v) is 4.45. The molecule has 3 amide bonds. The lowest BCUT2D eigenvalue weighted by Crippen LogP contribution is -2.65. The van der Waals surface area contributed by atoms with Gasteiger partial charge in [-0.15, -0.1) is 0 Å². The third kappa shape index (κ3) is 2.74. The SMILES string of the molecule is CCOCCN1NC(C(=O)OC)C2NC(=O)NC(=O)C21. The predicted octanol–water partition coefficient (Wildman–Crippen LogP) is -2.04. The topological polar surface area (TPSA) is 109 Å². The summed E-state index contributed by atoms with van der Waals surface area (Å²) in [6, 6.07) is -2.73. The molecule has 0 aromatic heterocycles. The summed E-state index contributed by atoms with van der Waals surface area (Å²) in [6.45, 7) is 3.24. The minimum absolute atomic E-state index is 0.405. The minimum atomic E-state index is -0.790. The molecule has 0 bridgehead atoms. The Morgan fingerprint density at radius 3 is 2.80 bits per heavy atom. The van der Waals surface area contributed by atoms with Gasteiger partial charge in [-0.3, -0.25) is 14.9 Å². The molecule has 2 aliphatic rings. The summed E-state index contributed by atoms with van der Waals surface area (Å²) in [7, 11) is 1.26. The van der Waals surface area contributed by atoms with E-state index >= 15 is 0 Å². The first-order valence-electron chi connectivity index (χ1n) is 6.38. The Kier molecular flexibility index (Phi) is 4.53. The van der Waals surface area contributed by atoms with Gasteiger partial charge in [0.2, 0.25) is 5.91 Å².